The van der Waals surface area contributed by atoms with E-state index in [9.17, 15) is 4.79 Å². The Bertz CT molecular complexity index is 438. The molecule has 1 aliphatic heterocycles. The first-order valence-electron chi connectivity index (χ1n) is 6.29. The van der Waals surface area contributed by atoms with Gasteiger partial charge in [0.25, 0.3) is 0 Å². The molecule has 2 rings (SSSR count). The summed E-state index contributed by atoms with van der Waals surface area (Å²) in [6.45, 7) is 3.25. The van der Waals surface area contributed by atoms with Gasteiger partial charge in [0, 0.05) is 38.4 Å². The van der Waals surface area contributed by atoms with Gasteiger partial charge in [-0.1, -0.05) is 0 Å². The van der Waals surface area contributed by atoms with Crippen molar-refractivity contribution in [1.82, 2.24) is 20.2 Å². The maximum atomic E-state index is 11.7. The van der Waals surface area contributed by atoms with E-state index in [0.717, 1.165) is 13.1 Å². The van der Waals surface area contributed by atoms with Gasteiger partial charge < -0.3 is 19.9 Å². The number of anilines is 1. The summed E-state index contributed by atoms with van der Waals surface area (Å²) in [5.41, 5.74) is 0. The van der Waals surface area contributed by atoms with E-state index >= 15 is 0 Å². The minimum absolute atomic E-state index is 0. The van der Waals surface area contributed by atoms with Crippen LogP contribution in [-0.4, -0.2) is 67.7 Å². The van der Waals surface area contributed by atoms with Crippen molar-refractivity contribution in [2.75, 3.05) is 51.8 Å². The van der Waals surface area contributed by atoms with Crippen molar-refractivity contribution in [3.05, 3.63) is 12.3 Å². The Morgan fingerprint density at radius 3 is 2.70 bits per heavy atom. The zero-order chi connectivity index (χ0) is 13.7. The van der Waals surface area contributed by atoms with Gasteiger partial charge in [0.05, 0.1) is 13.7 Å². The smallest absolute Gasteiger partial charge is 0.236 e. The van der Waals surface area contributed by atoms with E-state index in [1.165, 1.54) is 0 Å². The van der Waals surface area contributed by atoms with Gasteiger partial charge in [-0.05, 0) is 7.05 Å². The average Bonchev–Trinajstić information content (AvgIpc) is 2.48. The van der Waals surface area contributed by atoms with Gasteiger partial charge in [0.15, 0.2) is 0 Å². The highest BCUT2D eigenvalue weighted by Gasteiger charge is 2.22. The van der Waals surface area contributed by atoms with Crippen LogP contribution in [0, 0.1) is 0 Å². The molecule has 112 valence electrons. The monoisotopic (exact) mass is 301 g/mol. The van der Waals surface area contributed by atoms with Crippen LogP contribution in [-0.2, 0) is 4.79 Å². The van der Waals surface area contributed by atoms with Crippen molar-refractivity contribution < 1.29 is 9.53 Å². The number of hydrogen-bond acceptors (Lipinski definition) is 6. The predicted molar refractivity (Wildman–Crippen MR) is 78.6 cm³/mol. The number of nitrogens with zero attached hydrogens (tertiary/aromatic N) is 4. The van der Waals surface area contributed by atoms with E-state index in [-0.39, 0.29) is 18.3 Å². The molecular formula is C12H20ClN5O2. The van der Waals surface area contributed by atoms with Gasteiger partial charge in [-0.15, -0.1) is 12.4 Å². The number of hydrogen-bond donors (Lipinski definition) is 1. The third-order valence-corrected chi connectivity index (χ3v) is 3.07. The number of piperazine rings is 1. The van der Waals surface area contributed by atoms with E-state index in [2.05, 4.69) is 20.2 Å². The molecule has 0 aromatic carbocycles. The lowest BCUT2D eigenvalue weighted by molar-refractivity contribution is -0.130. The second-order valence-corrected chi connectivity index (χ2v) is 4.30. The fourth-order valence-corrected chi connectivity index (χ4v) is 2.02. The summed E-state index contributed by atoms with van der Waals surface area (Å²) >= 11 is 0. The maximum Gasteiger partial charge on any atom is 0.236 e. The normalized spacial score (nSPS) is 14.7. The van der Waals surface area contributed by atoms with Gasteiger partial charge in [0.2, 0.25) is 17.7 Å². The molecule has 2 heterocycles. The Labute approximate surface area is 124 Å². The Morgan fingerprint density at radius 2 is 2.10 bits per heavy atom. The van der Waals surface area contributed by atoms with Crippen LogP contribution in [0.4, 0.5) is 5.95 Å². The Balaban J connectivity index is 0.00000200. The predicted octanol–water partition coefficient (Wildman–Crippen LogP) is -0.225. The average molecular weight is 302 g/mol. The number of carbonyl (C=O) groups excluding carboxylic acids is 1. The first kappa shape index (κ1) is 16.5. The number of rotatable bonds is 4. The second kappa shape index (κ2) is 7.86. The lowest BCUT2D eigenvalue weighted by Crippen LogP contribution is -2.51. The molecule has 1 aromatic rings. The minimum Gasteiger partial charge on any atom is -0.481 e. The summed E-state index contributed by atoms with van der Waals surface area (Å²) in [5, 5.41) is 2.88. The molecule has 0 spiro atoms. The molecule has 7 nitrogen and oxygen atoms in total. The number of nitrogens with one attached hydrogen (secondary N) is 1. The SMILES string of the molecule is CNCC(=O)N1CCN(c2nccc(OC)n2)CC1.Cl. The quantitative estimate of drug-likeness (QED) is 0.829. The third kappa shape index (κ3) is 3.94. The Kier molecular flexibility index (Phi) is 6.47. The molecule has 0 saturated carbocycles. The molecular weight excluding hydrogens is 282 g/mol. The van der Waals surface area contributed by atoms with Gasteiger partial charge >= 0.3 is 0 Å². The lowest BCUT2D eigenvalue weighted by atomic mass is 10.3. The van der Waals surface area contributed by atoms with Crippen LogP contribution >= 0.6 is 12.4 Å². The third-order valence-electron chi connectivity index (χ3n) is 3.07. The van der Waals surface area contributed by atoms with Crippen LogP contribution in [0.3, 0.4) is 0 Å². The van der Waals surface area contributed by atoms with Crippen LogP contribution < -0.4 is 15.0 Å². The number of halogens is 1. The number of likely N-dealkylation sites (N-methyl/N-ethyl adjacent to an activating group) is 1. The van der Waals surface area contributed by atoms with E-state index < -0.39 is 0 Å². The minimum atomic E-state index is 0. The number of amides is 1. The van der Waals surface area contributed by atoms with Crippen molar-refractivity contribution in [1.29, 1.82) is 0 Å². The molecule has 1 amide bonds. The van der Waals surface area contributed by atoms with Crippen molar-refractivity contribution in [3.8, 4) is 5.88 Å². The fourth-order valence-electron chi connectivity index (χ4n) is 2.02. The highest BCUT2D eigenvalue weighted by molar-refractivity contribution is 5.85. The highest BCUT2D eigenvalue weighted by atomic mass is 35.5. The molecule has 1 saturated heterocycles. The van der Waals surface area contributed by atoms with E-state index in [0.29, 0.717) is 31.5 Å². The Morgan fingerprint density at radius 1 is 1.40 bits per heavy atom. The van der Waals surface area contributed by atoms with Gasteiger partial charge in [-0.3, -0.25) is 4.79 Å². The molecule has 1 aliphatic rings. The molecule has 0 bridgehead atoms. The summed E-state index contributed by atoms with van der Waals surface area (Å²) in [4.78, 5) is 24.2. The zero-order valence-electron chi connectivity index (χ0n) is 11.7. The van der Waals surface area contributed by atoms with E-state index in [1.54, 1.807) is 26.4 Å². The molecule has 1 fully saturated rings. The first-order valence-corrected chi connectivity index (χ1v) is 6.29. The topological polar surface area (TPSA) is 70.6 Å². The van der Waals surface area contributed by atoms with Crippen LogP contribution in [0.2, 0.25) is 0 Å². The molecule has 1 N–H and O–H groups in total. The molecule has 0 atom stereocenters. The van der Waals surface area contributed by atoms with Crippen molar-refractivity contribution in [2.45, 2.75) is 0 Å². The summed E-state index contributed by atoms with van der Waals surface area (Å²) in [5.74, 6) is 1.34. The number of ether oxygens (including phenoxy) is 1. The molecule has 20 heavy (non-hydrogen) atoms. The van der Waals surface area contributed by atoms with Crippen LogP contribution in [0.15, 0.2) is 12.3 Å². The van der Waals surface area contributed by atoms with E-state index in [1.807, 2.05) is 4.90 Å². The van der Waals surface area contributed by atoms with Crippen molar-refractivity contribution >= 4 is 24.3 Å². The van der Waals surface area contributed by atoms with Crippen LogP contribution in [0.5, 0.6) is 5.88 Å². The summed E-state index contributed by atoms with van der Waals surface area (Å²) in [6.07, 6.45) is 1.68. The number of aromatic nitrogens is 2. The fraction of sp³-hybridized carbons (Fsp3) is 0.583. The highest BCUT2D eigenvalue weighted by Crippen LogP contribution is 2.14. The molecule has 1 aromatic heterocycles. The Hall–Kier alpha value is -1.60. The zero-order valence-corrected chi connectivity index (χ0v) is 12.5. The summed E-state index contributed by atoms with van der Waals surface area (Å²) < 4.78 is 5.09. The van der Waals surface area contributed by atoms with Crippen molar-refractivity contribution in [3.63, 3.8) is 0 Å². The maximum absolute atomic E-state index is 11.7. The lowest BCUT2D eigenvalue weighted by Gasteiger charge is -2.34. The molecule has 0 aliphatic carbocycles. The standard InChI is InChI=1S/C12H19N5O2.ClH/c1-13-9-11(18)16-5-7-17(8-6-16)12-14-4-3-10(15-12)19-2;/h3-4,13H,5-9H2,1-2H3;1H. The van der Waals surface area contributed by atoms with Gasteiger partial charge in [-0.25, -0.2) is 4.98 Å². The van der Waals surface area contributed by atoms with Gasteiger partial charge in [-0.2, -0.15) is 4.98 Å². The van der Waals surface area contributed by atoms with Crippen molar-refractivity contribution in [2.24, 2.45) is 0 Å². The number of methoxy groups -OCH3 is 1. The molecule has 0 radical (unpaired) electrons. The van der Waals surface area contributed by atoms with Gasteiger partial charge in [0.1, 0.15) is 0 Å². The van der Waals surface area contributed by atoms with Crippen LogP contribution in [0.25, 0.3) is 0 Å². The van der Waals surface area contributed by atoms with E-state index in [4.69, 9.17) is 4.74 Å². The molecule has 0 unspecified atom stereocenters. The summed E-state index contributed by atoms with van der Waals surface area (Å²) in [6, 6.07) is 1.72. The summed E-state index contributed by atoms with van der Waals surface area (Å²) in [7, 11) is 3.36. The molecule has 8 heteroatoms. The van der Waals surface area contributed by atoms with Crippen LogP contribution in [0.1, 0.15) is 0 Å². The largest absolute Gasteiger partial charge is 0.481 e. The first-order chi connectivity index (χ1) is 9.24. The number of carbonyl (C=O) groups is 1. The second-order valence-electron chi connectivity index (χ2n) is 4.30.